The average molecular weight is 195 g/mol. The van der Waals surface area contributed by atoms with Gasteiger partial charge in [-0.25, -0.2) is 0 Å². The number of nitrogen functional groups attached to an aromatic ring is 1. The van der Waals surface area contributed by atoms with Gasteiger partial charge < -0.3 is 5.73 Å². The van der Waals surface area contributed by atoms with Gasteiger partial charge in [-0.1, -0.05) is 0 Å². The maximum Gasteiger partial charge on any atom is 0.148 e. The summed E-state index contributed by atoms with van der Waals surface area (Å²) in [5.41, 5.74) is 7.50. The summed E-state index contributed by atoms with van der Waals surface area (Å²) < 4.78 is 9.75. The van der Waals surface area contributed by atoms with Gasteiger partial charge in [0.2, 0.25) is 0 Å². The molecular weight excluding hydrogens is 186 g/mol. The molecule has 0 spiro atoms. The Balaban J connectivity index is 2.19. The van der Waals surface area contributed by atoms with Crippen LogP contribution in [0, 0.1) is 6.92 Å². The predicted octanol–water partition coefficient (Wildman–Crippen LogP) is 0.674. The molecule has 0 saturated carbocycles. The largest absolute Gasteiger partial charge is 0.382 e. The highest BCUT2D eigenvalue weighted by atomic mass is 32.1. The Morgan fingerprint density at radius 1 is 1.62 bits per heavy atom. The van der Waals surface area contributed by atoms with Crippen LogP contribution in [0.15, 0.2) is 12.4 Å². The van der Waals surface area contributed by atoms with Crippen molar-refractivity contribution in [2.24, 2.45) is 0 Å². The minimum Gasteiger partial charge on any atom is -0.382 e. The number of nitrogens with two attached hydrogens (primary N) is 1. The summed E-state index contributed by atoms with van der Waals surface area (Å²) in [7, 11) is 0. The molecule has 0 radical (unpaired) electrons. The molecular formula is C7H9N5S. The topological polar surface area (TPSA) is 69.6 Å². The van der Waals surface area contributed by atoms with Crippen molar-refractivity contribution in [3.63, 3.8) is 0 Å². The summed E-state index contributed by atoms with van der Waals surface area (Å²) in [6.45, 7) is 2.56. The molecule has 2 aromatic heterocycles. The number of rotatable bonds is 2. The molecule has 0 fully saturated rings. The molecule has 0 unspecified atom stereocenters. The Labute approximate surface area is 79.5 Å². The summed E-state index contributed by atoms with van der Waals surface area (Å²) in [5.74, 6) is 0.572. The van der Waals surface area contributed by atoms with Crippen molar-refractivity contribution in [3.05, 3.63) is 23.7 Å². The lowest BCUT2D eigenvalue weighted by Crippen LogP contribution is -2.00. The number of hydrogen-bond donors (Lipinski definition) is 1. The van der Waals surface area contributed by atoms with Crippen molar-refractivity contribution < 1.29 is 0 Å². The molecule has 2 aromatic rings. The first-order valence-corrected chi connectivity index (χ1v) is 4.54. The predicted molar refractivity (Wildman–Crippen MR) is 50.4 cm³/mol. The Bertz CT molecular complexity index is 371. The lowest BCUT2D eigenvalue weighted by atomic mass is 10.4. The maximum atomic E-state index is 5.60. The van der Waals surface area contributed by atoms with Gasteiger partial charge in [0.25, 0.3) is 0 Å². The molecule has 68 valence electrons. The van der Waals surface area contributed by atoms with Gasteiger partial charge in [-0.05, 0) is 6.92 Å². The summed E-state index contributed by atoms with van der Waals surface area (Å²) in [6.07, 6.45) is 3.63. The van der Waals surface area contributed by atoms with Crippen LogP contribution in [-0.2, 0) is 6.54 Å². The summed E-state index contributed by atoms with van der Waals surface area (Å²) in [6, 6.07) is 0. The van der Waals surface area contributed by atoms with E-state index in [1.807, 2.05) is 13.1 Å². The highest BCUT2D eigenvalue weighted by Crippen LogP contribution is 2.07. The lowest BCUT2D eigenvalue weighted by Gasteiger charge is -1.94. The molecule has 0 atom stereocenters. The van der Waals surface area contributed by atoms with Crippen molar-refractivity contribution >= 4 is 17.5 Å². The van der Waals surface area contributed by atoms with Crippen molar-refractivity contribution in [2.45, 2.75) is 13.5 Å². The molecule has 0 saturated heterocycles. The fourth-order valence-corrected chi connectivity index (χ4v) is 1.46. The van der Waals surface area contributed by atoms with Crippen LogP contribution in [0.3, 0.4) is 0 Å². The zero-order chi connectivity index (χ0) is 9.26. The molecule has 2 N–H and O–H groups in total. The van der Waals surface area contributed by atoms with Gasteiger partial charge in [0.05, 0.1) is 30.2 Å². The molecule has 5 nitrogen and oxygen atoms in total. The number of hydrogen-bond acceptors (Lipinski definition) is 5. The molecule has 0 bridgehead atoms. The average Bonchev–Trinajstić information content (AvgIpc) is 2.64. The van der Waals surface area contributed by atoms with Crippen LogP contribution in [0.2, 0.25) is 0 Å². The zero-order valence-corrected chi connectivity index (χ0v) is 7.95. The first-order valence-electron chi connectivity index (χ1n) is 3.81. The van der Waals surface area contributed by atoms with E-state index in [1.165, 1.54) is 11.7 Å². The van der Waals surface area contributed by atoms with Crippen molar-refractivity contribution in [1.29, 1.82) is 0 Å². The second-order valence-electron chi connectivity index (χ2n) is 2.79. The molecule has 2 heterocycles. The third-order valence-electron chi connectivity index (χ3n) is 1.71. The van der Waals surface area contributed by atoms with Crippen LogP contribution in [-0.4, -0.2) is 18.5 Å². The van der Waals surface area contributed by atoms with E-state index in [9.17, 15) is 0 Å². The van der Waals surface area contributed by atoms with Crippen molar-refractivity contribution in [2.75, 3.05) is 5.73 Å². The Hall–Kier alpha value is -1.43. The van der Waals surface area contributed by atoms with E-state index in [2.05, 4.69) is 13.8 Å². The van der Waals surface area contributed by atoms with E-state index in [4.69, 9.17) is 5.73 Å². The van der Waals surface area contributed by atoms with Crippen LogP contribution in [0.25, 0.3) is 0 Å². The zero-order valence-electron chi connectivity index (χ0n) is 7.14. The molecule has 13 heavy (non-hydrogen) atoms. The second kappa shape index (κ2) is 3.14. The SMILES string of the molecule is Cc1cn(Cc2cnsn2)nc1N. The Morgan fingerprint density at radius 3 is 3.00 bits per heavy atom. The smallest absolute Gasteiger partial charge is 0.148 e. The fourth-order valence-electron chi connectivity index (χ4n) is 1.04. The molecule has 2 rings (SSSR count). The van der Waals surface area contributed by atoms with Crippen LogP contribution in [0.4, 0.5) is 5.82 Å². The molecule has 0 aliphatic rings. The van der Waals surface area contributed by atoms with Crippen LogP contribution < -0.4 is 5.73 Å². The van der Waals surface area contributed by atoms with E-state index >= 15 is 0 Å². The third kappa shape index (κ3) is 1.67. The van der Waals surface area contributed by atoms with Gasteiger partial charge in [0, 0.05) is 11.8 Å². The number of aromatic nitrogens is 4. The summed E-state index contributed by atoms with van der Waals surface area (Å²) in [4.78, 5) is 0. The van der Waals surface area contributed by atoms with Crippen LogP contribution in [0.1, 0.15) is 11.3 Å². The number of anilines is 1. The minimum absolute atomic E-state index is 0.572. The van der Waals surface area contributed by atoms with E-state index in [-0.39, 0.29) is 0 Å². The van der Waals surface area contributed by atoms with E-state index in [0.717, 1.165) is 11.3 Å². The molecule has 6 heteroatoms. The number of aryl methyl sites for hydroxylation is 1. The van der Waals surface area contributed by atoms with Crippen molar-refractivity contribution in [3.8, 4) is 0 Å². The van der Waals surface area contributed by atoms with Gasteiger partial charge in [-0.15, -0.1) is 0 Å². The van der Waals surface area contributed by atoms with E-state index in [1.54, 1.807) is 10.9 Å². The van der Waals surface area contributed by atoms with Gasteiger partial charge >= 0.3 is 0 Å². The quantitative estimate of drug-likeness (QED) is 0.764. The monoisotopic (exact) mass is 195 g/mol. The van der Waals surface area contributed by atoms with E-state index in [0.29, 0.717) is 12.4 Å². The molecule has 0 aliphatic carbocycles. The van der Waals surface area contributed by atoms with Crippen molar-refractivity contribution in [1.82, 2.24) is 18.5 Å². The summed E-state index contributed by atoms with van der Waals surface area (Å²) >= 11 is 1.20. The van der Waals surface area contributed by atoms with Gasteiger partial charge in [0.1, 0.15) is 5.82 Å². The second-order valence-corrected chi connectivity index (χ2v) is 3.35. The Morgan fingerprint density at radius 2 is 2.46 bits per heavy atom. The lowest BCUT2D eigenvalue weighted by molar-refractivity contribution is 0.680. The first-order chi connectivity index (χ1) is 6.25. The fraction of sp³-hybridized carbons (Fsp3) is 0.286. The first kappa shape index (κ1) is 8.18. The minimum atomic E-state index is 0.572. The van der Waals surface area contributed by atoms with Crippen LogP contribution >= 0.6 is 11.7 Å². The molecule has 0 aliphatic heterocycles. The maximum absolute atomic E-state index is 5.60. The van der Waals surface area contributed by atoms with Gasteiger partial charge in [0.15, 0.2) is 0 Å². The highest BCUT2D eigenvalue weighted by molar-refractivity contribution is 6.99. The van der Waals surface area contributed by atoms with Crippen LogP contribution in [0.5, 0.6) is 0 Å². The van der Waals surface area contributed by atoms with E-state index < -0.39 is 0 Å². The normalized spacial score (nSPS) is 10.5. The third-order valence-corrected chi connectivity index (χ3v) is 2.23. The standard InChI is InChI=1S/C7H9N5S/c1-5-3-12(10-7(5)8)4-6-2-9-13-11-6/h2-3H,4H2,1H3,(H2,8,10). The molecule has 0 aromatic carbocycles. The Kier molecular flexibility index (Phi) is 1.97. The number of nitrogens with zero attached hydrogens (tertiary/aromatic N) is 4. The van der Waals surface area contributed by atoms with Gasteiger partial charge in [-0.3, -0.25) is 4.68 Å². The molecule has 0 amide bonds. The highest BCUT2D eigenvalue weighted by Gasteiger charge is 2.02. The van der Waals surface area contributed by atoms with Gasteiger partial charge in [-0.2, -0.15) is 13.8 Å². The summed E-state index contributed by atoms with van der Waals surface area (Å²) in [5, 5.41) is 4.12.